The highest BCUT2D eigenvalue weighted by atomic mass is 16.3. The van der Waals surface area contributed by atoms with E-state index in [9.17, 15) is 14.7 Å². The van der Waals surface area contributed by atoms with E-state index in [2.05, 4.69) is 5.32 Å². The zero-order valence-corrected chi connectivity index (χ0v) is 12.4. The van der Waals surface area contributed by atoms with Gasteiger partial charge in [-0.1, -0.05) is 12.8 Å². The summed E-state index contributed by atoms with van der Waals surface area (Å²) in [6, 6.07) is 0. The Morgan fingerprint density at radius 3 is 2.65 bits per heavy atom. The van der Waals surface area contributed by atoms with Gasteiger partial charge in [0.25, 0.3) is 0 Å². The second-order valence-corrected chi connectivity index (χ2v) is 6.39. The number of carbonyl (C=O) groups excluding carboxylic acids is 2. The molecule has 1 heterocycles. The van der Waals surface area contributed by atoms with Gasteiger partial charge in [0.1, 0.15) is 0 Å². The van der Waals surface area contributed by atoms with E-state index in [0.717, 1.165) is 45.1 Å². The standard InChI is InChI=1S/C15H26N2O3/c1-12(18)16-10-13-5-4-8-17(11-13)14(19)9-15(20)6-2-3-7-15/h13,20H,2-11H2,1H3,(H,16,18). The van der Waals surface area contributed by atoms with Crippen molar-refractivity contribution in [1.29, 1.82) is 0 Å². The number of amides is 2. The molecular weight excluding hydrogens is 256 g/mol. The Balaban J connectivity index is 1.81. The van der Waals surface area contributed by atoms with Gasteiger partial charge in [-0.2, -0.15) is 0 Å². The number of nitrogens with zero attached hydrogens (tertiary/aromatic N) is 1. The van der Waals surface area contributed by atoms with Gasteiger partial charge < -0.3 is 15.3 Å². The van der Waals surface area contributed by atoms with Gasteiger partial charge in [0.05, 0.1) is 12.0 Å². The van der Waals surface area contributed by atoms with Gasteiger partial charge in [0.15, 0.2) is 0 Å². The zero-order chi connectivity index (χ0) is 14.6. The van der Waals surface area contributed by atoms with Crippen molar-refractivity contribution in [2.75, 3.05) is 19.6 Å². The lowest BCUT2D eigenvalue weighted by Crippen LogP contribution is -2.45. The Morgan fingerprint density at radius 2 is 2.00 bits per heavy atom. The van der Waals surface area contributed by atoms with Crippen LogP contribution in [0.3, 0.4) is 0 Å². The first-order valence-electron chi connectivity index (χ1n) is 7.73. The van der Waals surface area contributed by atoms with Crippen LogP contribution in [0.5, 0.6) is 0 Å². The Bertz CT molecular complexity index is 364. The molecule has 2 aliphatic rings. The molecular formula is C15H26N2O3. The van der Waals surface area contributed by atoms with E-state index in [1.807, 2.05) is 4.90 Å². The maximum Gasteiger partial charge on any atom is 0.225 e. The minimum atomic E-state index is -0.762. The van der Waals surface area contributed by atoms with E-state index in [4.69, 9.17) is 0 Å². The number of likely N-dealkylation sites (tertiary alicyclic amines) is 1. The van der Waals surface area contributed by atoms with Crippen LogP contribution >= 0.6 is 0 Å². The smallest absolute Gasteiger partial charge is 0.225 e. The average molecular weight is 282 g/mol. The predicted molar refractivity (Wildman–Crippen MR) is 76.0 cm³/mol. The van der Waals surface area contributed by atoms with Crippen LogP contribution in [-0.2, 0) is 9.59 Å². The van der Waals surface area contributed by atoms with Crippen molar-refractivity contribution < 1.29 is 14.7 Å². The minimum Gasteiger partial charge on any atom is -0.389 e. The molecule has 20 heavy (non-hydrogen) atoms. The second-order valence-electron chi connectivity index (χ2n) is 6.39. The van der Waals surface area contributed by atoms with Crippen molar-refractivity contribution in [2.24, 2.45) is 5.92 Å². The minimum absolute atomic E-state index is 0.0197. The van der Waals surface area contributed by atoms with Crippen LogP contribution in [0, 0.1) is 5.92 Å². The third kappa shape index (κ3) is 4.20. The lowest BCUT2D eigenvalue weighted by Gasteiger charge is -2.34. The van der Waals surface area contributed by atoms with Crippen LogP contribution in [0.15, 0.2) is 0 Å². The molecule has 2 rings (SSSR count). The van der Waals surface area contributed by atoms with Gasteiger partial charge in [0, 0.05) is 26.6 Å². The fourth-order valence-corrected chi connectivity index (χ4v) is 3.35. The molecule has 1 unspecified atom stereocenters. The van der Waals surface area contributed by atoms with Crippen LogP contribution in [0.1, 0.15) is 51.9 Å². The highest BCUT2D eigenvalue weighted by Crippen LogP contribution is 2.33. The molecule has 2 fully saturated rings. The van der Waals surface area contributed by atoms with Crippen molar-refractivity contribution >= 4 is 11.8 Å². The van der Waals surface area contributed by atoms with Crippen LogP contribution < -0.4 is 5.32 Å². The number of piperidine rings is 1. The van der Waals surface area contributed by atoms with Crippen molar-refractivity contribution in [3.8, 4) is 0 Å². The number of nitrogens with one attached hydrogen (secondary N) is 1. The van der Waals surface area contributed by atoms with Gasteiger partial charge in [0.2, 0.25) is 11.8 Å². The van der Waals surface area contributed by atoms with Crippen molar-refractivity contribution in [2.45, 2.75) is 57.5 Å². The first-order valence-corrected chi connectivity index (χ1v) is 7.73. The third-order valence-corrected chi connectivity index (χ3v) is 4.53. The molecule has 0 spiro atoms. The maximum absolute atomic E-state index is 12.3. The number of hydrogen-bond donors (Lipinski definition) is 2. The summed E-state index contributed by atoms with van der Waals surface area (Å²) >= 11 is 0. The molecule has 1 saturated heterocycles. The van der Waals surface area contributed by atoms with E-state index < -0.39 is 5.60 Å². The lowest BCUT2D eigenvalue weighted by atomic mass is 9.94. The predicted octanol–water partition coefficient (Wildman–Crippen LogP) is 1.06. The second kappa shape index (κ2) is 6.57. The van der Waals surface area contributed by atoms with E-state index in [1.54, 1.807) is 0 Å². The molecule has 2 N–H and O–H groups in total. The van der Waals surface area contributed by atoms with Crippen LogP contribution in [-0.4, -0.2) is 47.1 Å². The van der Waals surface area contributed by atoms with E-state index in [0.29, 0.717) is 19.0 Å². The van der Waals surface area contributed by atoms with Crippen molar-refractivity contribution in [3.63, 3.8) is 0 Å². The molecule has 1 aliphatic heterocycles. The number of carbonyl (C=O) groups is 2. The van der Waals surface area contributed by atoms with Gasteiger partial charge in [-0.15, -0.1) is 0 Å². The van der Waals surface area contributed by atoms with Crippen molar-refractivity contribution in [1.82, 2.24) is 10.2 Å². The Hall–Kier alpha value is -1.10. The number of hydrogen-bond acceptors (Lipinski definition) is 3. The highest BCUT2D eigenvalue weighted by Gasteiger charge is 2.35. The van der Waals surface area contributed by atoms with Crippen LogP contribution in [0.4, 0.5) is 0 Å². The molecule has 5 heteroatoms. The van der Waals surface area contributed by atoms with Crippen LogP contribution in [0.2, 0.25) is 0 Å². The highest BCUT2D eigenvalue weighted by molar-refractivity contribution is 5.77. The first-order chi connectivity index (χ1) is 9.48. The third-order valence-electron chi connectivity index (χ3n) is 4.53. The lowest BCUT2D eigenvalue weighted by molar-refractivity contribution is -0.138. The number of rotatable bonds is 4. The molecule has 0 radical (unpaired) electrons. The van der Waals surface area contributed by atoms with Gasteiger partial charge in [-0.05, 0) is 31.6 Å². The summed E-state index contributed by atoms with van der Waals surface area (Å²) in [5.74, 6) is 0.394. The Kier molecular flexibility index (Phi) is 5.02. The van der Waals surface area contributed by atoms with Gasteiger partial charge in [-0.3, -0.25) is 9.59 Å². The fraction of sp³-hybridized carbons (Fsp3) is 0.867. The van der Waals surface area contributed by atoms with Gasteiger partial charge in [-0.25, -0.2) is 0 Å². The molecule has 0 aromatic rings. The molecule has 1 aliphatic carbocycles. The molecule has 0 aromatic carbocycles. The summed E-state index contributed by atoms with van der Waals surface area (Å²) in [5.41, 5.74) is -0.762. The summed E-state index contributed by atoms with van der Waals surface area (Å²) in [4.78, 5) is 25.1. The first kappa shape index (κ1) is 15.3. The van der Waals surface area contributed by atoms with Crippen molar-refractivity contribution in [3.05, 3.63) is 0 Å². The molecule has 0 bridgehead atoms. The average Bonchev–Trinajstić information content (AvgIpc) is 2.83. The quantitative estimate of drug-likeness (QED) is 0.810. The van der Waals surface area contributed by atoms with Crippen LogP contribution in [0.25, 0.3) is 0 Å². The normalized spacial score (nSPS) is 25.5. The Morgan fingerprint density at radius 1 is 1.30 bits per heavy atom. The summed E-state index contributed by atoms with van der Waals surface area (Å²) < 4.78 is 0. The largest absolute Gasteiger partial charge is 0.389 e. The summed E-state index contributed by atoms with van der Waals surface area (Å²) in [7, 11) is 0. The van der Waals surface area contributed by atoms with Gasteiger partial charge >= 0.3 is 0 Å². The maximum atomic E-state index is 12.3. The molecule has 114 valence electrons. The van der Waals surface area contributed by atoms with E-state index in [-0.39, 0.29) is 18.2 Å². The summed E-state index contributed by atoms with van der Waals surface area (Å²) in [6.45, 7) is 3.64. The molecule has 5 nitrogen and oxygen atoms in total. The zero-order valence-electron chi connectivity index (χ0n) is 12.4. The SMILES string of the molecule is CC(=O)NCC1CCCN(C(=O)CC2(O)CCCC2)C1. The topological polar surface area (TPSA) is 69.6 Å². The molecule has 1 atom stereocenters. The van der Waals surface area contributed by atoms with E-state index in [1.165, 1.54) is 6.92 Å². The number of aliphatic hydroxyl groups is 1. The monoisotopic (exact) mass is 282 g/mol. The molecule has 1 saturated carbocycles. The molecule has 2 amide bonds. The Labute approximate surface area is 120 Å². The summed E-state index contributed by atoms with van der Waals surface area (Å²) in [5, 5.41) is 13.2. The fourth-order valence-electron chi connectivity index (χ4n) is 3.35. The summed E-state index contributed by atoms with van der Waals surface area (Å²) in [6.07, 6.45) is 5.84. The molecule has 0 aromatic heterocycles. The van der Waals surface area contributed by atoms with E-state index >= 15 is 0 Å².